The van der Waals surface area contributed by atoms with E-state index in [4.69, 9.17) is 5.73 Å². The third kappa shape index (κ3) is 1.18. The Morgan fingerprint density at radius 1 is 1.45 bits per heavy atom. The van der Waals surface area contributed by atoms with Crippen LogP contribution in [-0.4, -0.2) is 4.98 Å². The second-order valence-corrected chi connectivity index (χ2v) is 3.80. The molecule has 2 rings (SSSR count). The van der Waals surface area contributed by atoms with Gasteiger partial charge in [0.2, 0.25) is 0 Å². The molecule has 0 radical (unpaired) electrons. The van der Waals surface area contributed by atoms with Gasteiger partial charge in [-0.1, -0.05) is 0 Å². The molecule has 0 bridgehead atoms. The Hall–Kier alpha value is -0.780. The molecular formula is C7H6IN3. The normalized spacial score (nSPS) is 14.7. The Morgan fingerprint density at radius 3 is 3.18 bits per heavy atom. The van der Waals surface area contributed by atoms with Crippen LogP contribution in [0.1, 0.15) is 5.56 Å². The number of aromatic nitrogens is 1. The summed E-state index contributed by atoms with van der Waals surface area (Å²) in [4.78, 5) is 3.97. The zero-order valence-corrected chi connectivity index (χ0v) is 7.82. The van der Waals surface area contributed by atoms with Gasteiger partial charge in [0.05, 0.1) is 11.9 Å². The maximum Gasteiger partial charge on any atom is 0.0967 e. The van der Waals surface area contributed by atoms with Crippen LogP contribution in [0.2, 0.25) is 0 Å². The molecule has 0 amide bonds. The van der Waals surface area contributed by atoms with Gasteiger partial charge >= 0.3 is 0 Å². The van der Waals surface area contributed by atoms with E-state index < -0.39 is 0 Å². The molecule has 11 heavy (non-hydrogen) atoms. The quantitative estimate of drug-likeness (QED) is 0.725. The summed E-state index contributed by atoms with van der Waals surface area (Å²) < 4.78 is 6.35. The molecule has 1 aliphatic rings. The minimum absolute atomic E-state index is 0.217. The zero-order valence-electron chi connectivity index (χ0n) is 5.66. The van der Waals surface area contributed by atoms with E-state index in [0.29, 0.717) is 0 Å². The van der Waals surface area contributed by atoms with E-state index >= 15 is 0 Å². The molecular weight excluding hydrogens is 253 g/mol. The third-order valence-electron chi connectivity index (χ3n) is 1.42. The summed E-state index contributed by atoms with van der Waals surface area (Å²) in [6.07, 6.45) is 3.49. The molecule has 3 nitrogen and oxygen atoms in total. The number of nitrogens with zero attached hydrogens (tertiary/aromatic N) is 2. The monoisotopic (exact) mass is 259 g/mol. The standard InChI is InChI=1S/C7H6IN3/c9-6-3-8-11-7-4-10-2-1-5(6)7/h1-4H,9H2. The van der Waals surface area contributed by atoms with Crippen molar-refractivity contribution in [3.63, 3.8) is 0 Å². The molecule has 1 aromatic heterocycles. The molecule has 0 aliphatic carbocycles. The van der Waals surface area contributed by atoms with Crippen molar-refractivity contribution in [2.75, 3.05) is 0 Å². The highest BCUT2D eigenvalue weighted by molar-refractivity contribution is 14.2. The largest absolute Gasteiger partial charge is 0.398 e. The average molecular weight is 259 g/mol. The lowest BCUT2D eigenvalue weighted by Gasteiger charge is -2.06. The van der Waals surface area contributed by atoms with E-state index in [1.807, 2.05) is 10.1 Å². The van der Waals surface area contributed by atoms with Crippen LogP contribution in [0.4, 0.5) is 5.69 Å². The molecule has 0 spiro atoms. The fourth-order valence-electron chi connectivity index (χ4n) is 0.886. The number of hydrogen-bond donors (Lipinski definition) is 1. The van der Waals surface area contributed by atoms with Gasteiger partial charge in [0, 0.05) is 42.6 Å². The van der Waals surface area contributed by atoms with Crippen molar-refractivity contribution < 1.29 is 0 Å². The average Bonchev–Trinajstić information content (AvgIpc) is 2.06. The van der Waals surface area contributed by atoms with Gasteiger partial charge in [-0.25, -0.2) is 3.15 Å². The lowest BCUT2D eigenvalue weighted by atomic mass is 10.2. The molecule has 1 aromatic rings. The van der Waals surface area contributed by atoms with Crippen molar-refractivity contribution in [3.05, 3.63) is 28.1 Å². The van der Waals surface area contributed by atoms with Crippen LogP contribution < -0.4 is 5.73 Å². The van der Waals surface area contributed by atoms with E-state index in [9.17, 15) is 0 Å². The Kier molecular flexibility index (Phi) is 1.69. The molecule has 0 saturated carbocycles. The maximum absolute atomic E-state index is 5.75. The molecule has 0 aromatic carbocycles. The lowest BCUT2D eigenvalue weighted by Crippen LogP contribution is -1.96. The van der Waals surface area contributed by atoms with Gasteiger partial charge < -0.3 is 5.73 Å². The number of fused-ring (bicyclic) bond motifs is 1. The second-order valence-electron chi connectivity index (χ2n) is 2.14. The van der Waals surface area contributed by atoms with Gasteiger partial charge in [-0.05, 0) is 6.07 Å². The zero-order chi connectivity index (χ0) is 7.68. The predicted molar refractivity (Wildman–Crippen MR) is 52.5 cm³/mol. The van der Waals surface area contributed by atoms with Crippen LogP contribution in [0.15, 0.2) is 25.7 Å². The van der Waals surface area contributed by atoms with Crippen LogP contribution in [0, 0.1) is 0 Å². The minimum atomic E-state index is -0.217. The maximum atomic E-state index is 5.75. The molecule has 0 unspecified atom stereocenters. The number of rotatable bonds is 0. The summed E-state index contributed by atoms with van der Waals surface area (Å²) in [6.45, 7) is 0. The number of nitrogens with two attached hydrogens (primary N) is 1. The number of halogens is 1. The van der Waals surface area contributed by atoms with Crippen molar-refractivity contribution >= 4 is 32.4 Å². The van der Waals surface area contributed by atoms with Gasteiger partial charge in [0.1, 0.15) is 0 Å². The fraction of sp³-hybridized carbons (Fsp3) is 0. The Bertz CT molecular complexity index is 343. The first-order valence-electron chi connectivity index (χ1n) is 3.12. The smallest absolute Gasteiger partial charge is 0.0967 e. The predicted octanol–water partition coefficient (Wildman–Crippen LogP) is 2.14. The summed E-state index contributed by atoms with van der Waals surface area (Å²) in [5, 5.41) is 0. The molecule has 2 N–H and O–H groups in total. The third-order valence-corrected chi connectivity index (χ3v) is 3.17. The molecule has 4 heteroatoms. The van der Waals surface area contributed by atoms with E-state index in [0.717, 1.165) is 16.9 Å². The van der Waals surface area contributed by atoms with Gasteiger partial charge in [0.15, 0.2) is 0 Å². The first kappa shape index (κ1) is 6.90. The van der Waals surface area contributed by atoms with Gasteiger partial charge in [-0.15, -0.1) is 0 Å². The van der Waals surface area contributed by atoms with Gasteiger partial charge in [-0.3, -0.25) is 4.98 Å². The fourth-order valence-corrected chi connectivity index (χ4v) is 2.35. The van der Waals surface area contributed by atoms with Crippen molar-refractivity contribution in [2.24, 2.45) is 8.88 Å². The molecule has 56 valence electrons. The molecule has 2 heterocycles. The van der Waals surface area contributed by atoms with Gasteiger partial charge in [-0.2, -0.15) is 0 Å². The van der Waals surface area contributed by atoms with Crippen LogP contribution in [0.3, 0.4) is 0 Å². The topological polar surface area (TPSA) is 51.3 Å². The number of pyridine rings is 1. The van der Waals surface area contributed by atoms with Crippen molar-refractivity contribution in [1.82, 2.24) is 4.98 Å². The van der Waals surface area contributed by atoms with Crippen LogP contribution >= 0.6 is 21.0 Å². The van der Waals surface area contributed by atoms with Crippen LogP contribution in [0.25, 0.3) is 5.70 Å². The summed E-state index contributed by atoms with van der Waals surface area (Å²) >= 11 is -0.217. The summed E-state index contributed by atoms with van der Waals surface area (Å²) in [5.74, 6) is 0. The van der Waals surface area contributed by atoms with E-state index in [2.05, 4.69) is 8.13 Å². The molecule has 0 atom stereocenters. The van der Waals surface area contributed by atoms with Gasteiger partial charge in [0.25, 0.3) is 0 Å². The van der Waals surface area contributed by atoms with Crippen molar-refractivity contribution in [2.45, 2.75) is 0 Å². The van der Waals surface area contributed by atoms with E-state index in [1.54, 1.807) is 12.4 Å². The summed E-state index contributed by atoms with van der Waals surface area (Å²) in [7, 11) is 0. The highest BCUT2D eigenvalue weighted by Crippen LogP contribution is 2.31. The number of hydrogen-bond acceptors (Lipinski definition) is 3. The van der Waals surface area contributed by atoms with Crippen LogP contribution in [-0.2, 0) is 0 Å². The first-order valence-corrected chi connectivity index (χ1v) is 5.33. The second kappa shape index (κ2) is 2.69. The molecule has 0 fully saturated rings. The van der Waals surface area contributed by atoms with E-state index in [1.165, 1.54) is 0 Å². The van der Waals surface area contributed by atoms with Crippen molar-refractivity contribution in [1.29, 1.82) is 0 Å². The Morgan fingerprint density at radius 2 is 2.36 bits per heavy atom. The molecule has 0 saturated heterocycles. The summed E-state index contributed by atoms with van der Waals surface area (Å²) in [5.41, 5.74) is 8.56. The lowest BCUT2D eigenvalue weighted by molar-refractivity contribution is 1.29. The van der Waals surface area contributed by atoms with Crippen LogP contribution in [0.5, 0.6) is 0 Å². The minimum Gasteiger partial charge on any atom is -0.398 e. The first-order chi connectivity index (χ1) is 5.38. The van der Waals surface area contributed by atoms with E-state index in [-0.39, 0.29) is 21.0 Å². The highest BCUT2D eigenvalue weighted by atomic mass is 127. The van der Waals surface area contributed by atoms with Crippen molar-refractivity contribution in [3.8, 4) is 0 Å². The summed E-state index contributed by atoms with van der Waals surface area (Å²) in [6, 6.07) is 1.90. The highest BCUT2D eigenvalue weighted by Gasteiger charge is 2.05. The Labute approximate surface area is 74.5 Å². The molecule has 1 aliphatic heterocycles. The SMILES string of the molecule is NC1=CI=Nc2cnccc21. The Balaban J connectivity index is 2.67.